The number of quaternary nitrogens is 1. The lowest BCUT2D eigenvalue weighted by molar-refractivity contribution is -0.695. The van der Waals surface area contributed by atoms with Crippen LogP contribution in [0.25, 0.3) is 0 Å². The molecule has 148 valence electrons. The molecule has 4 atom stereocenters. The Morgan fingerprint density at radius 3 is 2.93 bits per heavy atom. The van der Waals surface area contributed by atoms with Gasteiger partial charge in [-0.05, 0) is 35.4 Å². The normalized spacial score (nSPS) is 30.6. The molecule has 10 heteroatoms. The van der Waals surface area contributed by atoms with Gasteiger partial charge in [0.1, 0.15) is 36.6 Å². The summed E-state index contributed by atoms with van der Waals surface area (Å²) in [6, 6.07) is 5.91. The third-order valence-electron chi connectivity index (χ3n) is 5.86. The van der Waals surface area contributed by atoms with Crippen molar-refractivity contribution in [2.75, 3.05) is 26.6 Å². The van der Waals surface area contributed by atoms with E-state index in [4.69, 9.17) is 23.7 Å². The first-order valence-electron chi connectivity index (χ1n) is 9.77. The molecule has 0 amide bonds. The molecule has 2 saturated heterocycles. The molecule has 0 radical (unpaired) electrons. The molecule has 6 rings (SSSR count). The predicted molar refractivity (Wildman–Crippen MR) is 92.3 cm³/mol. The summed E-state index contributed by atoms with van der Waals surface area (Å²) in [6.45, 7) is 2.58. The molecule has 3 aliphatic heterocycles. The minimum Gasteiger partial charge on any atom is -0.454 e. The monoisotopic (exact) mass is 388 g/mol. The molecule has 1 saturated carbocycles. The number of hydrogen-bond donors (Lipinski definition) is 1. The summed E-state index contributed by atoms with van der Waals surface area (Å²) in [5.74, 6) is 2.80. The number of nitrogens with two attached hydrogens (primary N) is 1. The molecule has 28 heavy (non-hydrogen) atoms. The van der Waals surface area contributed by atoms with Crippen LogP contribution in [0.2, 0.25) is 0 Å². The number of benzene rings is 1. The van der Waals surface area contributed by atoms with Crippen molar-refractivity contribution in [2.24, 2.45) is 5.92 Å². The molecule has 1 aliphatic carbocycles. The van der Waals surface area contributed by atoms with E-state index in [-0.39, 0.29) is 25.0 Å². The summed E-state index contributed by atoms with van der Waals surface area (Å²) < 4.78 is 30.5. The Labute approximate surface area is 161 Å². The van der Waals surface area contributed by atoms with Crippen molar-refractivity contribution in [3.63, 3.8) is 0 Å². The van der Waals surface area contributed by atoms with Gasteiger partial charge >= 0.3 is 6.01 Å². The van der Waals surface area contributed by atoms with Gasteiger partial charge in [0, 0.05) is 12.0 Å². The third-order valence-corrected chi connectivity index (χ3v) is 5.86. The van der Waals surface area contributed by atoms with Gasteiger partial charge in [-0.2, -0.15) is 4.68 Å². The van der Waals surface area contributed by atoms with E-state index in [9.17, 15) is 0 Å². The van der Waals surface area contributed by atoms with Gasteiger partial charge in [0.05, 0.1) is 13.2 Å². The zero-order valence-corrected chi connectivity index (χ0v) is 15.3. The van der Waals surface area contributed by atoms with Gasteiger partial charge in [-0.3, -0.25) is 0 Å². The Hall–Kier alpha value is -2.43. The van der Waals surface area contributed by atoms with E-state index in [0.717, 1.165) is 12.5 Å². The fraction of sp³-hybridized carbons (Fsp3) is 0.611. The average Bonchev–Trinajstić information content (AvgIpc) is 3.11. The Bertz CT molecular complexity index is 872. The van der Waals surface area contributed by atoms with Crippen molar-refractivity contribution in [3.8, 4) is 23.3 Å². The SMILES string of the molecule is c1cc2c(cc1Oc1nnnn1[C@H]1CO[C@H]3[C@@H]1OC[C@@H]3[NH2+]CC1CC1)OCO2. The lowest BCUT2D eigenvalue weighted by Gasteiger charge is -2.16. The highest BCUT2D eigenvalue weighted by atomic mass is 16.7. The van der Waals surface area contributed by atoms with E-state index in [0.29, 0.717) is 42.5 Å². The lowest BCUT2D eigenvalue weighted by atomic mass is 10.1. The molecule has 3 fully saturated rings. The Balaban J connectivity index is 1.17. The molecule has 0 unspecified atom stereocenters. The molecule has 0 spiro atoms. The smallest absolute Gasteiger partial charge is 0.341 e. The minimum absolute atomic E-state index is 0.0614. The van der Waals surface area contributed by atoms with Crippen LogP contribution in [0.4, 0.5) is 0 Å². The zero-order chi connectivity index (χ0) is 18.5. The van der Waals surface area contributed by atoms with E-state index >= 15 is 0 Å². The van der Waals surface area contributed by atoms with Crippen LogP contribution in [0, 0.1) is 5.92 Å². The number of nitrogens with zero attached hydrogens (tertiary/aromatic N) is 4. The highest BCUT2D eigenvalue weighted by Gasteiger charge is 2.51. The molecule has 4 heterocycles. The molecule has 10 nitrogen and oxygen atoms in total. The quantitative estimate of drug-likeness (QED) is 0.730. The van der Waals surface area contributed by atoms with Crippen molar-refractivity contribution in [2.45, 2.75) is 37.1 Å². The maximum absolute atomic E-state index is 6.08. The molecule has 1 aromatic carbocycles. The van der Waals surface area contributed by atoms with Crippen molar-refractivity contribution in [1.29, 1.82) is 0 Å². The predicted octanol–water partition coefficient (Wildman–Crippen LogP) is -0.125. The largest absolute Gasteiger partial charge is 0.454 e. The highest BCUT2D eigenvalue weighted by Crippen LogP contribution is 2.38. The summed E-state index contributed by atoms with van der Waals surface area (Å²) in [5.41, 5.74) is 0. The van der Waals surface area contributed by atoms with E-state index in [1.807, 2.05) is 0 Å². The number of ether oxygens (including phenoxy) is 5. The van der Waals surface area contributed by atoms with Gasteiger partial charge in [0.25, 0.3) is 0 Å². The number of rotatable bonds is 6. The van der Waals surface area contributed by atoms with Gasteiger partial charge in [-0.25, -0.2) is 0 Å². The van der Waals surface area contributed by atoms with Crippen LogP contribution in [0.15, 0.2) is 18.2 Å². The lowest BCUT2D eigenvalue weighted by Crippen LogP contribution is -2.93. The second-order valence-corrected chi connectivity index (χ2v) is 7.77. The molecule has 2 N–H and O–H groups in total. The first kappa shape index (κ1) is 16.5. The van der Waals surface area contributed by atoms with E-state index in [1.54, 1.807) is 22.9 Å². The van der Waals surface area contributed by atoms with Gasteiger partial charge < -0.3 is 29.0 Å². The maximum Gasteiger partial charge on any atom is 0.341 e. The molecule has 0 bridgehead atoms. The minimum atomic E-state index is -0.108. The first-order valence-corrected chi connectivity index (χ1v) is 9.77. The van der Waals surface area contributed by atoms with Crippen LogP contribution in [-0.4, -0.2) is 65.0 Å². The van der Waals surface area contributed by atoms with Crippen LogP contribution >= 0.6 is 0 Å². The topological polar surface area (TPSA) is 106 Å². The van der Waals surface area contributed by atoms with Crippen LogP contribution < -0.4 is 19.5 Å². The molecule has 4 aliphatic rings. The molecular weight excluding hydrogens is 366 g/mol. The second-order valence-electron chi connectivity index (χ2n) is 7.77. The second kappa shape index (κ2) is 6.57. The summed E-state index contributed by atoms with van der Waals surface area (Å²) in [4.78, 5) is 0. The van der Waals surface area contributed by atoms with E-state index in [1.165, 1.54) is 12.8 Å². The number of tetrazole rings is 1. The van der Waals surface area contributed by atoms with E-state index in [2.05, 4.69) is 20.8 Å². The van der Waals surface area contributed by atoms with E-state index < -0.39 is 0 Å². The first-order chi connectivity index (χ1) is 13.8. The van der Waals surface area contributed by atoms with Crippen LogP contribution in [0.3, 0.4) is 0 Å². The van der Waals surface area contributed by atoms with Crippen molar-refractivity contribution in [3.05, 3.63) is 18.2 Å². The van der Waals surface area contributed by atoms with Crippen molar-refractivity contribution >= 4 is 0 Å². The Morgan fingerprint density at radius 1 is 1.11 bits per heavy atom. The standard InChI is InChI=1S/C18H21N5O5/c1-2-10(1)6-19-12-7-24-17-13(8-25-16(12)17)23-18(20-21-22-23)28-11-3-4-14-15(5-11)27-9-26-14/h3-5,10,12-13,16-17,19H,1-2,6-9H2/p+1/t12-,13-,16+,17+/m0/s1. The summed E-state index contributed by atoms with van der Waals surface area (Å²) >= 11 is 0. The van der Waals surface area contributed by atoms with Gasteiger partial charge in [0.2, 0.25) is 6.79 Å². The summed E-state index contributed by atoms with van der Waals surface area (Å²) in [6.07, 6.45) is 2.70. The summed E-state index contributed by atoms with van der Waals surface area (Å²) in [5, 5.41) is 14.4. The Kier molecular flexibility index (Phi) is 3.88. The third kappa shape index (κ3) is 2.88. The van der Waals surface area contributed by atoms with Gasteiger partial charge in [-0.15, -0.1) is 0 Å². The zero-order valence-electron chi connectivity index (χ0n) is 15.3. The van der Waals surface area contributed by atoms with Crippen molar-refractivity contribution < 1.29 is 29.0 Å². The maximum atomic E-state index is 6.08. The molecule has 2 aromatic rings. The van der Waals surface area contributed by atoms with Gasteiger partial charge in [0.15, 0.2) is 11.5 Å². The number of aromatic nitrogens is 4. The highest BCUT2D eigenvalue weighted by molar-refractivity contribution is 5.47. The summed E-state index contributed by atoms with van der Waals surface area (Å²) in [7, 11) is 0. The number of fused-ring (bicyclic) bond motifs is 2. The number of hydrogen-bond acceptors (Lipinski definition) is 8. The molecular formula is C18H22N5O5+. The molecule has 1 aromatic heterocycles. The van der Waals surface area contributed by atoms with Crippen molar-refractivity contribution in [1.82, 2.24) is 20.2 Å². The fourth-order valence-corrected chi connectivity index (χ4v) is 4.15. The van der Waals surface area contributed by atoms with Crippen LogP contribution in [0.1, 0.15) is 18.9 Å². The van der Waals surface area contributed by atoms with Crippen LogP contribution in [-0.2, 0) is 9.47 Å². The Morgan fingerprint density at radius 2 is 2.00 bits per heavy atom. The van der Waals surface area contributed by atoms with Gasteiger partial charge in [-0.1, -0.05) is 5.10 Å². The average molecular weight is 388 g/mol. The van der Waals surface area contributed by atoms with Crippen LogP contribution in [0.5, 0.6) is 23.3 Å². The fourth-order valence-electron chi connectivity index (χ4n) is 4.15.